The molecule has 1 aliphatic rings. The molecule has 1 fully saturated rings. The van der Waals surface area contributed by atoms with Crippen molar-refractivity contribution in [3.05, 3.63) is 0 Å². The minimum Gasteiger partial charge on any atom is -0.371 e. The Balaban J connectivity index is 2.37. The maximum absolute atomic E-state index is 5.86. The van der Waals surface area contributed by atoms with E-state index in [1.165, 1.54) is 6.42 Å². The summed E-state index contributed by atoms with van der Waals surface area (Å²) in [6.45, 7) is 6.24. The van der Waals surface area contributed by atoms with Crippen molar-refractivity contribution in [1.82, 2.24) is 0 Å². The number of nitrogens with two attached hydrogens (primary N) is 1. The Hall–Kier alpha value is -0.0800. The summed E-state index contributed by atoms with van der Waals surface area (Å²) in [6.07, 6.45) is 3.79. The van der Waals surface area contributed by atoms with E-state index in [9.17, 15) is 0 Å². The lowest BCUT2D eigenvalue weighted by Crippen LogP contribution is -2.37. The van der Waals surface area contributed by atoms with Crippen molar-refractivity contribution >= 4 is 0 Å². The van der Waals surface area contributed by atoms with Crippen LogP contribution in [0.2, 0.25) is 0 Å². The van der Waals surface area contributed by atoms with Crippen LogP contribution in [0.5, 0.6) is 0 Å². The predicted molar refractivity (Wildman–Crippen MR) is 46.5 cm³/mol. The van der Waals surface area contributed by atoms with Crippen molar-refractivity contribution < 1.29 is 4.74 Å². The van der Waals surface area contributed by atoms with Gasteiger partial charge in [0, 0.05) is 6.04 Å². The van der Waals surface area contributed by atoms with Crippen LogP contribution in [0, 0.1) is 0 Å². The first-order chi connectivity index (χ1) is 4.99. The molecule has 0 spiro atoms. The summed E-state index contributed by atoms with van der Waals surface area (Å²) in [5, 5.41) is 0. The highest BCUT2D eigenvalue weighted by atomic mass is 16.5. The van der Waals surface area contributed by atoms with Crippen LogP contribution < -0.4 is 5.73 Å². The highest BCUT2D eigenvalue weighted by molar-refractivity contribution is 4.82. The van der Waals surface area contributed by atoms with Crippen molar-refractivity contribution in [1.29, 1.82) is 0 Å². The first kappa shape index (κ1) is 9.01. The van der Waals surface area contributed by atoms with E-state index in [4.69, 9.17) is 10.5 Å². The number of ether oxygens (including phenoxy) is 1. The van der Waals surface area contributed by atoms with Gasteiger partial charge in [-0.05, 0) is 40.0 Å². The van der Waals surface area contributed by atoms with Gasteiger partial charge in [0.05, 0.1) is 11.7 Å². The molecule has 2 heteroatoms. The lowest BCUT2D eigenvalue weighted by Gasteiger charge is -2.27. The van der Waals surface area contributed by atoms with Crippen LogP contribution >= 0.6 is 0 Å². The monoisotopic (exact) mass is 157 g/mol. The minimum atomic E-state index is -0.0351. The summed E-state index contributed by atoms with van der Waals surface area (Å²) < 4.78 is 5.79. The Morgan fingerprint density at radius 2 is 1.91 bits per heavy atom. The van der Waals surface area contributed by atoms with Crippen molar-refractivity contribution in [2.24, 2.45) is 5.73 Å². The van der Waals surface area contributed by atoms with Crippen molar-refractivity contribution in [2.75, 3.05) is 0 Å². The van der Waals surface area contributed by atoms with Crippen molar-refractivity contribution in [3.8, 4) is 0 Å². The maximum Gasteiger partial charge on any atom is 0.0733 e. The summed E-state index contributed by atoms with van der Waals surface area (Å²) >= 11 is 0. The molecule has 0 aromatic heterocycles. The second-order valence-electron chi connectivity index (χ2n) is 4.36. The SMILES string of the molecule is CC(C)(C)OC1CCCC1N. The zero-order valence-electron chi connectivity index (χ0n) is 7.76. The Kier molecular flexibility index (Phi) is 2.55. The lowest BCUT2D eigenvalue weighted by molar-refractivity contribution is -0.0620. The molecule has 0 amide bonds. The van der Waals surface area contributed by atoms with E-state index in [2.05, 4.69) is 20.8 Å². The average Bonchev–Trinajstić information content (AvgIpc) is 2.12. The van der Waals surface area contributed by atoms with Crippen LogP contribution in [-0.4, -0.2) is 17.7 Å². The highest BCUT2D eigenvalue weighted by Crippen LogP contribution is 2.24. The van der Waals surface area contributed by atoms with Gasteiger partial charge in [-0.1, -0.05) is 0 Å². The molecule has 0 aromatic carbocycles. The zero-order chi connectivity index (χ0) is 8.48. The van der Waals surface area contributed by atoms with Gasteiger partial charge in [-0.15, -0.1) is 0 Å². The minimum absolute atomic E-state index is 0.0351. The van der Waals surface area contributed by atoms with Gasteiger partial charge in [0.15, 0.2) is 0 Å². The van der Waals surface area contributed by atoms with Gasteiger partial charge in [0.2, 0.25) is 0 Å². The standard InChI is InChI=1S/C9H19NO/c1-9(2,3)11-8-6-4-5-7(8)10/h7-8H,4-6,10H2,1-3H3. The molecular formula is C9H19NO. The molecule has 2 unspecified atom stereocenters. The smallest absolute Gasteiger partial charge is 0.0733 e. The van der Waals surface area contributed by atoms with Gasteiger partial charge in [-0.3, -0.25) is 0 Å². The molecular weight excluding hydrogens is 138 g/mol. The molecule has 0 radical (unpaired) electrons. The predicted octanol–water partition coefficient (Wildman–Crippen LogP) is 1.68. The third kappa shape index (κ3) is 2.80. The van der Waals surface area contributed by atoms with Gasteiger partial charge in [0.1, 0.15) is 0 Å². The van der Waals surface area contributed by atoms with E-state index < -0.39 is 0 Å². The lowest BCUT2D eigenvalue weighted by atomic mass is 10.1. The fourth-order valence-electron chi connectivity index (χ4n) is 1.56. The van der Waals surface area contributed by atoms with Crippen LogP contribution in [0.1, 0.15) is 40.0 Å². The Morgan fingerprint density at radius 1 is 1.27 bits per heavy atom. The molecule has 2 atom stereocenters. The molecule has 0 aromatic rings. The van der Waals surface area contributed by atoms with Crippen molar-refractivity contribution in [2.45, 2.75) is 57.8 Å². The zero-order valence-corrected chi connectivity index (χ0v) is 7.76. The fourth-order valence-corrected chi connectivity index (χ4v) is 1.56. The molecule has 66 valence electrons. The maximum atomic E-state index is 5.86. The van der Waals surface area contributed by atoms with E-state index in [1.54, 1.807) is 0 Å². The summed E-state index contributed by atoms with van der Waals surface area (Å²) in [7, 11) is 0. The molecule has 0 bridgehead atoms. The van der Waals surface area contributed by atoms with Gasteiger partial charge in [0.25, 0.3) is 0 Å². The topological polar surface area (TPSA) is 35.2 Å². The Morgan fingerprint density at radius 3 is 2.27 bits per heavy atom. The van der Waals surface area contributed by atoms with Crippen LogP contribution in [0.4, 0.5) is 0 Å². The van der Waals surface area contributed by atoms with Gasteiger partial charge < -0.3 is 10.5 Å². The van der Waals surface area contributed by atoms with E-state index in [1.807, 2.05) is 0 Å². The summed E-state index contributed by atoms with van der Waals surface area (Å²) in [5.74, 6) is 0. The van der Waals surface area contributed by atoms with Crippen LogP contribution in [-0.2, 0) is 4.74 Å². The van der Waals surface area contributed by atoms with Gasteiger partial charge in [-0.2, -0.15) is 0 Å². The van der Waals surface area contributed by atoms with Crippen LogP contribution in [0.3, 0.4) is 0 Å². The molecule has 1 rings (SSSR count). The third-order valence-corrected chi connectivity index (χ3v) is 2.01. The molecule has 1 saturated carbocycles. The molecule has 11 heavy (non-hydrogen) atoms. The Labute approximate surface area is 69.1 Å². The van der Waals surface area contributed by atoms with Crippen LogP contribution in [0.15, 0.2) is 0 Å². The van der Waals surface area contributed by atoms with Crippen molar-refractivity contribution in [3.63, 3.8) is 0 Å². The Bertz CT molecular complexity index is 128. The summed E-state index contributed by atoms with van der Waals surface area (Å²) in [4.78, 5) is 0. The van der Waals surface area contributed by atoms with Gasteiger partial charge in [-0.25, -0.2) is 0 Å². The molecule has 0 aliphatic heterocycles. The summed E-state index contributed by atoms with van der Waals surface area (Å²) in [5.41, 5.74) is 5.83. The molecule has 0 heterocycles. The molecule has 1 aliphatic carbocycles. The highest BCUT2D eigenvalue weighted by Gasteiger charge is 2.28. The molecule has 2 nitrogen and oxygen atoms in total. The number of hydrogen-bond donors (Lipinski definition) is 1. The largest absolute Gasteiger partial charge is 0.371 e. The second-order valence-corrected chi connectivity index (χ2v) is 4.36. The second kappa shape index (κ2) is 3.11. The number of hydrogen-bond acceptors (Lipinski definition) is 2. The summed E-state index contributed by atoms with van der Waals surface area (Å²) in [6, 6.07) is 0.272. The average molecular weight is 157 g/mol. The quantitative estimate of drug-likeness (QED) is 0.628. The normalized spacial score (nSPS) is 32.7. The fraction of sp³-hybridized carbons (Fsp3) is 1.00. The van der Waals surface area contributed by atoms with Crippen LogP contribution in [0.25, 0.3) is 0 Å². The van der Waals surface area contributed by atoms with E-state index in [-0.39, 0.29) is 11.6 Å². The molecule has 2 N–H and O–H groups in total. The van der Waals surface area contributed by atoms with E-state index >= 15 is 0 Å². The van der Waals surface area contributed by atoms with Gasteiger partial charge >= 0.3 is 0 Å². The van der Waals surface area contributed by atoms with E-state index in [0.29, 0.717) is 6.10 Å². The number of rotatable bonds is 1. The third-order valence-electron chi connectivity index (χ3n) is 2.01. The first-order valence-corrected chi connectivity index (χ1v) is 4.42. The first-order valence-electron chi connectivity index (χ1n) is 4.42. The van der Waals surface area contributed by atoms with E-state index in [0.717, 1.165) is 12.8 Å². The molecule has 0 saturated heterocycles.